The number of likely N-dealkylation sites (tertiary alicyclic amines) is 1. The van der Waals surface area contributed by atoms with Crippen LogP contribution in [0.15, 0.2) is 30.3 Å². The third-order valence-electron chi connectivity index (χ3n) is 3.08. The van der Waals surface area contributed by atoms with E-state index in [2.05, 4.69) is 54.2 Å². The van der Waals surface area contributed by atoms with E-state index in [1.807, 2.05) is 0 Å². The third-order valence-corrected chi connectivity index (χ3v) is 3.08. The fraction of sp³-hybridized carbons (Fsp3) is 0.500. The summed E-state index contributed by atoms with van der Waals surface area (Å²) in [6.07, 6.45) is 1.28. The summed E-state index contributed by atoms with van der Waals surface area (Å²) in [5, 5.41) is 0. The predicted octanol–water partition coefficient (Wildman–Crippen LogP) is 1.83. The Hall–Kier alpha value is -1.02. The zero-order valence-electron chi connectivity index (χ0n) is 8.98. The van der Waals surface area contributed by atoms with Crippen molar-refractivity contribution >= 4 is 5.69 Å². The van der Waals surface area contributed by atoms with Crippen LogP contribution in [0.3, 0.4) is 0 Å². The van der Waals surface area contributed by atoms with Crippen LogP contribution in [0.1, 0.15) is 6.42 Å². The molecule has 2 nitrogen and oxygen atoms in total. The van der Waals surface area contributed by atoms with Crippen LogP contribution in [-0.2, 0) is 0 Å². The second kappa shape index (κ2) is 4.01. The van der Waals surface area contributed by atoms with Crippen LogP contribution in [0.5, 0.6) is 0 Å². The van der Waals surface area contributed by atoms with Crippen molar-refractivity contribution in [1.29, 1.82) is 0 Å². The van der Waals surface area contributed by atoms with E-state index in [9.17, 15) is 0 Å². The molecule has 1 atom stereocenters. The van der Waals surface area contributed by atoms with Crippen LogP contribution >= 0.6 is 0 Å². The molecule has 0 aliphatic carbocycles. The largest absolute Gasteiger partial charge is 0.370 e. The van der Waals surface area contributed by atoms with E-state index < -0.39 is 0 Å². The zero-order valence-corrected chi connectivity index (χ0v) is 8.98. The third kappa shape index (κ3) is 1.90. The van der Waals surface area contributed by atoms with E-state index in [0.29, 0.717) is 6.04 Å². The van der Waals surface area contributed by atoms with Gasteiger partial charge in [-0.3, -0.25) is 0 Å². The molecule has 1 heterocycles. The van der Waals surface area contributed by atoms with Gasteiger partial charge in [0.2, 0.25) is 0 Å². The molecule has 1 unspecified atom stereocenters. The number of nitrogens with zero attached hydrogens (tertiary/aromatic N) is 2. The molecule has 76 valence electrons. The van der Waals surface area contributed by atoms with Gasteiger partial charge in [0.25, 0.3) is 0 Å². The van der Waals surface area contributed by atoms with E-state index in [1.165, 1.54) is 25.2 Å². The molecule has 1 fully saturated rings. The molecule has 2 heteroatoms. The van der Waals surface area contributed by atoms with Gasteiger partial charge in [-0.15, -0.1) is 0 Å². The Bertz CT molecular complexity index is 284. The highest BCUT2D eigenvalue weighted by Crippen LogP contribution is 2.19. The van der Waals surface area contributed by atoms with Gasteiger partial charge in [-0.25, -0.2) is 0 Å². The quantitative estimate of drug-likeness (QED) is 0.702. The second-order valence-corrected chi connectivity index (χ2v) is 4.15. The molecule has 0 aromatic heterocycles. The monoisotopic (exact) mass is 190 g/mol. The number of benzene rings is 1. The topological polar surface area (TPSA) is 6.48 Å². The number of para-hydroxylation sites is 1. The number of anilines is 1. The summed E-state index contributed by atoms with van der Waals surface area (Å²) in [5.41, 5.74) is 1.33. The van der Waals surface area contributed by atoms with E-state index in [0.717, 1.165) is 0 Å². The van der Waals surface area contributed by atoms with Gasteiger partial charge >= 0.3 is 0 Å². The van der Waals surface area contributed by atoms with Crippen molar-refractivity contribution in [1.82, 2.24) is 4.90 Å². The van der Waals surface area contributed by atoms with E-state index in [1.54, 1.807) is 0 Å². The summed E-state index contributed by atoms with van der Waals surface area (Å²) in [5.74, 6) is 0. The number of likely N-dealkylation sites (N-methyl/N-ethyl adjacent to an activating group) is 2. The lowest BCUT2D eigenvalue weighted by molar-refractivity contribution is 0.409. The minimum atomic E-state index is 0.683. The minimum Gasteiger partial charge on any atom is -0.370 e. The maximum absolute atomic E-state index is 2.39. The first-order chi connectivity index (χ1) is 6.77. The van der Waals surface area contributed by atoms with Crippen LogP contribution < -0.4 is 4.90 Å². The minimum absolute atomic E-state index is 0.683. The smallest absolute Gasteiger partial charge is 0.0425 e. The number of rotatable bonds is 2. The Labute approximate surface area is 86.1 Å². The number of hydrogen-bond acceptors (Lipinski definition) is 2. The molecule has 1 aliphatic rings. The molecule has 1 aliphatic heterocycles. The zero-order chi connectivity index (χ0) is 9.97. The molecule has 1 aromatic rings. The highest BCUT2D eigenvalue weighted by molar-refractivity contribution is 5.46. The lowest BCUT2D eigenvalue weighted by atomic mass is 10.2. The molecule has 0 spiro atoms. The van der Waals surface area contributed by atoms with E-state index in [-0.39, 0.29) is 0 Å². The highest BCUT2D eigenvalue weighted by Gasteiger charge is 2.22. The maximum Gasteiger partial charge on any atom is 0.0425 e. The molecule has 0 bridgehead atoms. The summed E-state index contributed by atoms with van der Waals surface area (Å²) in [7, 11) is 4.39. The van der Waals surface area contributed by atoms with Crippen LogP contribution in [0.25, 0.3) is 0 Å². The Morgan fingerprint density at radius 1 is 1.29 bits per heavy atom. The lowest BCUT2D eigenvalue weighted by Crippen LogP contribution is -2.33. The van der Waals surface area contributed by atoms with Crippen molar-refractivity contribution in [3.8, 4) is 0 Å². The standard InChI is InChI=1S/C12H18N2/c1-13-9-8-12(10-13)14(2)11-6-4-3-5-7-11/h3-7,12H,8-10H2,1-2H3. The molecule has 0 N–H and O–H groups in total. The lowest BCUT2D eigenvalue weighted by Gasteiger charge is -2.26. The van der Waals surface area contributed by atoms with Gasteiger partial charge < -0.3 is 9.80 Å². The first-order valence-corrected chi connectivity index (χ1v) is 5.24. The van der Waals surface area contributed by atoms with Crippen LogP contribution in [0.4, 0.5) is 5.69 Å². The first kappa shape index (κ1) is 9.53. The first-order valence-electron chi connectivity index (χ1n) is 5.24. The van der Waals surface area contributed by atoms with Gasteiger partial charge in [0.15, 0.2) is 0 Å². The van der Waals surface area contributed by atoms with Crippen LogP contribution in [0, 0.1) is 0 Å². The van der Waals surface area contributed by atoms with Crippen molar-refractivity contribution in [3.05, 3.63) is 30.3 Å². The average molecular weight is 190 g/mol. The van der Waals surface area contributed by atoms with Crippen molar-refractivity contribution < 1.29 is 0 Å². The molecule has 1 saturated heterocycles. The molecule has 0 radical (unpaired) electrons. The highest BCUT2D eigenvalue weighted by atomic mass is 15.2. The predicted molar refractivity (Wildman–Crippen MR) is 60.7 cm³/mol. The summed E-state index contributed by atoms with van der Waals surface area (Å²) in [4.78, 5) is 4.79. The molecule has 2 rings (SSSR count). The molecular weight excluding hydrogens is 172 g/mol. The molecule has 14 heavy (non-hydrogen) atoms. The van der Waals surface area contributed by atoms with E-state index in [4.69, 9.17) is 0 Å². The van der Waals surface area contributed by atoms with Gasteiger partial charge in [-0.05, 0) is 32.1 Å². The van der Waals surface area contributed by atoms with Gasteiger partial charge in [0.1, 0.15) is 0 Å². The summed E-state index contributed by atoms with van der Waals surface area (Å²) in [6, 6.07) is 11.3. The summed E-state index contributed by atoms with van der Waals surface area (Å²) >= 11 is 0. The second-order valence-electron chi connectivity index (χ2n) is 4.15. The van der Waals surface area contributed by atoms with Gasteiger partial charge in [0.05, 0.1) is 0 Å². The number of hydrogen-bond donors (Lipinski definition) is 0. The van der Waals surface area contributed by atoms with Crippen molar-refractivity contribution in [2.75, 3.05) is 32.1 Å². The average Bonchev–Trinajstić information content (AvgIpc) is 2.65. The summed E-state index contributed by atoms with van der Waals surface area (Å²) < 4.78 is 0. The molecule has 0 saturated carbocycles. The SMILES string of the molecule is CN1CCC(N(C)c2ccccc2)C1. The Balaban J connectivity index is 2.05. The van der Waals surface area contributed by atoms with Crippen molar-refractivity contribution in [2.45, 2.75) is 12.5 Å². The summed E-state index contributed by atoms with van der Waals surface area (Å²) in [6.45, 7) is 2.41. The molecule has 1 aromatic carbocycles. The Kier molecular flexibility index (Phi) is 2.73. The fourth-order valence-electron chi connectivity index (χ4n) is 2.10. The molecule has 0 amide bonds. The van der Waals surface area contributed by atoms with Gasteiger partial charge in [-0.1, -0.05) is 18.2 Å². The van der Waals surface area contributed by atoms with Crippen molar-refractivity contribution in [3.63, 3.8) is 0 Å². The van der Waals surface area contributed by atoms with Crippen LogP contribution in [-0.4, -0.2) is 38.1 Å². The van der Waals surface area contributed by atoms with Gasteiger partial charge in [0, 0.05) is 25.3 Å². The maximum atomic E-state index is 2.39. The fourth-order valence-corrected chi connectivity index (χ4v) is 2.10. The normalized spacial score (nSPS) is 22.6. The van der Waals surface area contributed by atoms with E-state index >= 15 is 0 Å². The van der Waals surface area contributed by atoms with Crippen LogP contribution in [0.2, 0.25) is 0 Å². The van der Waals surface area contributed by atoms with Crippen molar-refractivity contribution in [2.24, 2.45) is 0 Å². The Morgan fingerprint density at radius 2 is 2.00 bits per heavy atom. The molecular formula is C12H18N2. The Morgan fingerprint density at radius 3 is 2.57 bits per heavy atom. The van der Waals surface area contributed by atoms with Gasteiger partial charge in [-0.2, -0.15) is 0 Å².